The molecule has 0 amide bonds. The molecule has 3 heteroatoms. The third-order valence-corrected chi connectivity index (χ3v) is 2.89. The number of aromatic nitrogens is 2. The van der Waals surface area contributed by atoms with Crippen molar-refractivity contribution in [1.82, 2.24) is 9.97 Å². The summed E-state index contributed by atoms with van der Waals surface area (Å²) >= 11 is 0. The van der Waals surface area contributed by atoms with E-state index in [4.69, 9.17) is 5.26 Å². The van der Waals surface area contributed by atoms with Crippen molar-refractivity contribution < 1.29 is 0 Å². The molecule has 0 atom stereocenters. The Morgan fingerprint density at radius 2 is 2.14 bits per heavy atom. The van der Waals surface area contributed by atoms with Crippen molar-refractivity contribution in [2.24, 2.45) is 0 Å². The molecule has 74 valence electrons. The Hall–Kier alpha value is -1.30. The maximum atomic E-state index is 9.04. The maximum Gasteiger partial charge on any atom is 0.127 e. The van der Waals surface area contributed by atoms with Gasteiger partial charge in [-0.2, -0.15) is 5.26 Å². The molecule has 1 saturated carbocycles. The molecule has 0 radical (unpaired) electrons. The van der Waals surface area contributed by atoms with Crippen molar-refractivity contribution in [1.29, 1.82) is 5.26 Å². The van der Waals surface area contributed by atoms with Crippen LogP contribution < -0.4 is 0 Å². The van der Waals surface area contributed by atoms with Crippen molar-refractivity contribution >= 4 is 0 Å². The topological polar surface area (TPSA) is 52.5 Å². The second-order valence-electron chi connectivity index (χ2n) is 4.44. The average Bonchev–Trinajstić information content (AvgIpc) is 2.84. The van der Waals surface area contributed by atoms with Crippen LogP contribution in [0.3, 0.4) is 0 Å². The highest BCUT2D eigenvalue weighted by Crippen LogP contribution is 2.46. The van der Waals surface area contributed by atoms with Gasteiger partial charge in [0.2, 0.25) is 0 Å². The summed E-state index contributed by atoms with van der Waals surface area (Å²) < 4.78 is 0. The molecule has 0 unspecified atom stereocenters. The summed E-state index contributed by atoms with van der Waals surface area (Å²) in [5, 5.41) is 9.04. The summed E-state index contributed by atoms with van der Waals surface area (Å²) in [7, 11) is 0. The van der Waals surface area contributed by atoms with E-state index in [0.29, 0.717) is 5.92 Å². The Morgan fingerprint density at radius 3 is 2.50 bits per heavy atom. The van der Waals surface area contributed by atoms with Crippen molar-refractivity contribution in [3.63, 3.8) is 0 Å². The highest BCUT2D eigenvalue weighted by Gasteiger charge is 2.48. The smallest absolute Gasteiger partial charge is 0.127 e. The summed E-state index contributed by atoms with van der Waals surface area (Å²) in [5.41, 5.74) is 1.93. The van der Waals surface area contributed by atoms with Crippen LogP contribution in [0.5, 0.6) is 0 Å². The molecule has 0 aromatic carbocycles. The van der Waals surface area contributed by atoms with E-state index in [1.54, 1.807) is 0 Å². The van der Waals surface area contributed by atoms with Crippen LogP contribution in [0.4, 0.5) is 0 Å². The predicted molar refractivity (Wildman–Crippen MR) is 53.9 cm³/mol. The number of nitriles is 1. The zero-order valence-corrected chi connectivity index (χ0v) is 8.89. The molecule has 1 aromatic heterocycles. The number of hydrogen-bond acceptors (Lipinski definition) is 2. The molecule has 0 spiro atoms. The van der Waals surface area contributed by atoms with Crippen LogP contribution in [0.15, 0.2) is 0 Å². The third kappa shape index (κ3) is 1.22. The summed E-state index contributed by atoms with van der Waals surface area (Å²) in [6.45, 7) is 6.27. The lowest BCUT2D eigenvalue weighted by atomic mass is 10.1. The molecular formula is C11H15N3. The zero-order chi connectivity index (χ0) is 10.3. The average molecular weight is 189 g/mol. The molecule has 0 bridgehead atoms. The van der Waals surface area contributed by atoms with Crippen LogP contribution in [-0.2, 0) is 5.41 Å². The van der Waals surface area contributed by atoms with Crippen LogP contribution in [0.2, 0.25) is 0 Å². The van der Waals surface area contributed by atoms with E-state index in [2.05, 4.69) is 29.9 Å². The van der Waals surface area contributed by atoms with E-state index in [0.717, 1.165) is 30.1 Å². The van der Waals surface area contributed by atoms with Gasteiger partial charge in [0.05, 0.1) is 11.8 Å². The standard InChI is InChI=1S/C11H15N3/c1-7(2)9-8(3)13-10(14-9)11(6-12)4-5-11/h7H,4-5H2,1-3H3,(H,13,14). The van der Waals surface area contributed by atoms with Crippen molar-refractivity contribution in [2.75, 3.05) is 0 Å². The first-order chi connectivity index (χ1) is 6.59. The first-order valence-electron chi connectivity index (χ1n) is 5.07. The van der Waals surface area contributed by atoms with Gasteiger partial charge < -0.3 is 4.98 Å². The lowest BCUT2D eigenvalue weighted by Gasteiger charge is -2.00. The molecular weight excluding hydrogens is 174 g/mol. The number of H-pyrrole nitrogens is 1. The van der Waals surface area contributed by atoms with Crippen LogP contribution >= 0.6 is 0 Å². The molecule has 1 fully saturated rings. The van der Waals surface area contributed by atoms with E-state index in [-0.39, 0.29) is 5.41 Å². The van der Waals surface area contributed by atoms with Gasteiger partial charge in [-0.1, -0.05) is 13.8 Å². The van der Waals surface area contributed by atoms with E-state index in [9.17, 15) is 0 Å². The second kappa shape index (κ2) is 2.84. The number of aromatic amines is 1. The van der Waals surface area contributed by atoms with Gasteiger partial charge in [-0.3, -0.25) is 0 Å². The van der Waals surface area contributed by atoms with E-state index in [1.165, 1.54) is 0 Å². The Balaban J connectivity index is 2.39. The van der Waals surface area contributed by atoms with Gasteiger partial charge in [0.1, 0.15) is 11.2 Å². The summed E-state index contributed by atoms with van der Waals surface area (Å²) in [6.07, 6.45) is 1.90. The van der Waals surface area contributed by atoms with Crippen LogP contribution in [0.25, 0.3) is 0 Å². The molecule has 1 N–H and O–H groups in total. The Morgan fingerprint density at radius 1 is 1.50 bits per heavy atom. The van der Waals surface area contributed by atoms with Crippen LogP contribution in [-0.4, -0.2) is 9.97 Å². The quantitative estimate of drug-likeness (QED) is 0.776. The Kier molecular flexibility index (Phi) is 1.88. The highest BCUT2D eigenvalue weighted by atomic mass is 15.0. The lowest BCUT2D eigenvalue weighted by Crippen LogP contribution is -2.05. The Labute approximate surface area is 84.2 Å². The summed E-state index contributed by atoms with van der Waals surface area (Å²) in [6, 6.07) is 2.35. The fourth-order valence-corrected chi connectivity index (χ4v) is 1.79. The van der Waals surface area contributed by atoms with Gasteiger partial charge in [0.15, 0.2) is 0 Å². The minimum Gasteiger partial charge on any atom is -0.345 e. The predicted octanol–water partition coefficient (Wildman–Crippen LogP) is 2.40. The largest absolute Gasteiger partial charge is 0.345 e. The molecule has 1 aliphatic rings. The van der Waals surface area contributed by atoms with Gasteiger partial charge in [0.25, 0.3) is 0 Å². The van der Waals surface area contributed by atoms with Crippen molar-refractivity contribution in [3.05, 3.63) is 17.2 Å². The maximum absolute atomic E-state index is 9.04. The zero-order valence-electron chi connectivity index (χ0n) is 8.89. The minimum absolute atomic E-state index is 0.280. The number of nitrogens with zero attached hydrogens (tertiary/aromatic N) is 2. The van der Waals surface area contributed by atoms with E-state index in [1.807, 2.05) is 6.92 Å². The molecule has 0 saturated heterocycles. The van der Waals surface area contributed by atoms with Crippen LogP contribution in [0, 0.1) is 18.3 Å². The van der Waals surface area contributed by atoms with E-state index >= 15 is 0 Å². The second-order valence-corrected chi connectivity index (χ2v) is 4.44. The Bertz CT molecular complexity index is 391. The van der Waals surface area contributed by atoms with E-state index < -0.39 is 0 Å². The first kappa shape index (κ1) is 9.26. The van der Waals surface area contributed by atoms with Crippen molar-refractivity contribution in [3.8, 4) is 6.07 Å². The molecule has 0 aliphatic heterocycles. The minimum atomic E-state index is -0.280. The molecule has 1 aromatic rings. The number of imidazole rings is 1. The van der Waals surface area contributed by atoms with Gasteiger partial charge in [-0.25, -0.2) is 4.98 Å². The number of rotatable bonds is 2. The van der Waals surface area contributed by atoms with Gasteiger partial charge >= 0.3 is 0 Å². The third-order valence-electron chi connectivity index (χ3n) is 2.89. The summed E-state index contributed by atoms with van der Waals surface area (Å²) in [4.78, 5) is 7.78. The number of hydrogen-bond donors (Lipinski definition) is 1. The monoisotopic (exact) mass is 189 g/mol. The van der Waals surface area contributed by atoms with Crippen LogP contribution in [0.1, 0.15) is 49.8 Å². The first-order valence-corrected chi connectivity index (χ1v) is 5.07. The number of nitrogens with one attached hydrogen (secondary N) is 1. The molecule has 14 heavy (non-hydrogen) atoms. The highest BCUT2D eigenvalue weighted by molar-refractivity contribution is 5.32. The molecule has 3 nitrogen and oxygen atoms in total. The number of aryl methyl sites for hydroxylation is 1. The molecule has 2 rings (SSSR count). The lowest BCUT2D eigenvalue weighted by molar-refractivity contribution is 0.785. The van der Waals surface area contributed by atoms with Gasteiger partial charge in [0, 0.05) is 5.69 Å². The fourth-order valence-electron chi connectivity index (χ4n) is 1.79. The van der Waals surface area contributed by atoms with Crippen molar-refractivity contribution in [2.45, 2.75) is 44.9 Å². The van der Waals surface area contributed by atoms with Gasteiger partial charge in [-0.15, -0.1) is 0 Å². The van der Waals surface area contributed by atoms with Gasteiger partial charge in [-0.05, 0) is 25.7 Å². The SMILES string of the molecule is Cc1[nH]c(C2(C#N)CC2)nc1C(C)C. The normalized spacial score (nSPS) is 18.2. The molecule has 1 aliphatic carbocycles. The molecule has 1 heterocycles. The fraction of sp³-hybridized carbons (Fsp3) is 0.636. The summed E-state index contributed by atoms with van der Waals surface area (Å²) in [5.74, 6) is 1.30.